The first kappa shape index (κ1) is 21.8. The third-order valence-electron chi connectivity index (χ3n) is 6.11. The van der Waals surface area contributed by atoms with E-state index in [1.807, 2.05) is 17.6 Å². The summed E-state index contributed by atoms with van der Waals surface area (Å²) in [5.74, 6) is -0.550. The molecular weight excluding hydrogens is 396 g/mol. The molecule has 164 valence electrons. The molecule has 0 spiro atoms. The molecular formula is C28H30N2O2. The van der Waals surface area contributed by atoms with Crippen molar-refractivity contribution in [2.24, 2.45) is 0 Å². The molecule has 0 saturated carbocycles. The highest BCUT2D eigenvalue weighted by molar-refractivity contribution is 5.98. The molecule has 4 heteroatoms. The highest BCUT2D eigenvalue weighted by atomic mass is 16.4. The minimum Gasteiger partial charge on any atom is -0.477 e. The average Bonchev–Trinajstić information content (AvgIpc) is 3.08. The van der Waals surface area contributed by atoms with Gasteiger partial charge in [-0.25, -0.2) is 4.79 Å². The molecule has 2 N–H and O–H groups in total. The zero-order chi connectivity index (χ0) is 22.7. The number of carboxylic acids is 1. The van der Waals surface area contributed by atoms with E-state index in [4.69, 9.17) is 0 Å². The lowest BCUT2D eigenvalue weighted by Crippen LogP contribution is -2.21. The number of benzene rings is 3. The van der Waals surface area contributed by atoms with E-state index in [0.29, 0.717) is 24.7 Å². The molecule has 0 fully saturated rings. The van der Waals surface area contributed by atoms with Gasteiger partial charge in [0.2, 0.25) is 0 Å². The van der Waals surface area contributed by atoms with Crippen LogP contribution in [0.15, 0.2) is 72.8 Å². The smallest absolute Gasteiger partial charge is 0.352 e. The first-order valence-corrected chi connectivity index (χ1v) is 11.1. The van der Waals surface area contributed by atoms with Crippen molar-refractivity contribution in [3.8, 4) is 0 Å². The molecule has 4 rings (SSSR count). The molecule has 0 bridgehead atoms. The molecule has 32 heavy (non-hydrogen) atoms. The molecule has 1 atom stereocenters. The predicted octanol–water partition coefficient (Wildman–Crippen LogP) is 5.90. The summed E-state index contributed by atoms with van der Waals surface area (Å²) in [5, 5.41) is 14.7. The van der Waals surface area contributed by atoms with Crippen molar-refractivity contribution in [2.45, 2.75) is 39.8 Å². The maximum Gasteiger partial charge on any atom is 0.352 e. The molecule has 4 nitrogen and oxygen atoms in total. The molecule has 0 radical (unpaired) electrons. The van der Waals surface area contributed by atoms with E-state index in [0.717, 1.165) is 34.1 Å². The SMILES string of the molecule is Cc1ccc(Cn2c(C(=O)O)c(CNC[C@H](C)c3ccccc3)c3ccc(C)cc32)cc1. The zero-order valence-electron chi connectivity index (χ0n) is 18.9. The summed E-state index contributed by atoms with van der Waals surface area (Å²) in [6.07, 6.45) is 0. The molecule has 1 aromatic heterocycles. The Balaban J connectivity index is 1.67. The number of carbonyl (C=O) groups is 1. The summed E-state index contributed by atoms with van der Waals surface area (Å²) in [7, 11) is 0. The van der Waals surface area contributed by atoms with E-state index in [1.165, 1.54) is 11.1 Å². The van der Waals surface area contributed by atoms with Crippen molar-refractivity contribution in [1.29, 1.82) is 0 Å². The van der Waals surface area contributed by atoms with Crippen LogP contribution in [0, 0.1) is 13.8 Å². The molecule has 0 saturated heterocycles. The van der Waals surface area contributed by atoms with Crippen LogP contribution in [-0.4, -0.2) is 22.2 Å². The van der Waals surface area contributed by atoms with Crippen molar-refractivity contribution in [3.63, 3.8) is 0 Å². The van der Waals surface area contributed by atoms with Gasteiger partial charge in [-0.2, -0.15) is 0 Å². The number of aromatic nitrogens is 1. The van der Waals surface area contributed by atoms with Gasteiger partial charge in [-0.3, -0.25) is 0 Å². The van der Waals surface area contributed by atoms with E-state index in [9.17, 15) is 9.90 Å². The Hall–Kier alpha value is -3.37. The summed E-state index contributed by atoms with van der Waals surface area (Å²) >= 11 is 0. The van der Waals surface area contributed by atoms with Gasteiger partial charge in [-0.15, -0.1) is 0 Å². The number of nitrogens with one attached hydrogen (secondary N) is 1. The van der Waals surface area contributed by atoms with Crippen LogP contribution in [0.25, 0.3) is 10.9 Å². The number of aromatic carboxylic acids is 1. The average molecular weight is 427 g/mol. The normalized spacial score (nSPS) is 12.2. The molecule has 0 unspecified atom stereocenters. The van der Waals surface area contributed by atoms with Crippen molar-refractivity contribution >= 4 is 16.9 Å². The maximum atomic E-state index is 12.4. The Bertz CT molecular complexity index is 1220. The lowest BCUT2D eigenvalue weighted by molar-refractivity contribution is 0.0684. The van der Waals surface area contributed by atoms with Crippen molar-refractivity contribution < 1.29 is 9.90 Å². The summed E-state index contributed by atoms with van der Waals surface area (Å²) in [6.45, 7) is 8.11. The van der Waals surface area contributed by atoms with Gasteiger partial charge in [0.1, 0.15) is 5.69 Å². The van der Waals surface area contributed by atoms with Crippen molar-refractivity contribution in [3.05, 3.63) is 106 Å². The predicted molar refractivity (Wildman–Crippen MR) is 130 cm³/mol. The van der Waals surface area contributed by atoms with E-state index >= 15 is 0 Å². The van der Waals surface area contributed by atoms with Crippen LogP contribution in [-0.2, 0) is 13.1 Å². The summed E-state index contributed by atoms with van der Waals surface area (Å²) in [5.41, 5.74) is 6.86. The number of nitrogens with zero attached hydrogens (tertiary/aromatic N) is 1. The summed E-state index contributed by atoms with van der Waals surface area (Å²) in [6, 6.07) is 24.9. The van der Waals surface area contributed by atoms with E-state index in [1.54, 1.807) is 0 Å². The van der Waals surface area contributed by atoms with Crippen LogP contribution in [0.2, 0.25) is 0 Å². The quantitative estimate of drug-likeness (QED) is 0.369. The first-order chi connectivity index (χ1) is 15.4. The monoisotopic (exact) mass is 426 g/mol. The second-order valence-corrected chi connectivity index (χ2v) is 8.67. The highest BCUT2D eigenvalue weighted by Gasteiger charge is 2.22. The number of hydrogen-bond donors (Lipinski definition) is 2. The van der Waals surface area contributed by atoms with Crippen molar-refractivity contribution in [2.75, 3.05) is 6.54 Å². The van der Waals surface area contributed by atoms with Crippen LogP contribution in [0.4, 0.5) is 0 Å². The van der Waals surface area contributed by atoms with Crippen LogP contribution in [0.5, 0.6) is 0 Å². The molecule has 0 amide bonds. The minimum absolute atomic E-state index is 0.340. The molecule has 3 aromatic carbocycles. The third-order valence-corrected chi connectivity index (χ3v) is 6.11. The van der Waals surface area contributed by atoms with Gasteiger partial charge in [0.25, 0.3) is 0 Å². The summed E-state index contributed by atoms with van der Waals surface area (Å²) in [4.78, 5) is 12.4. The molecule has 0 aliphatic heterocycles. The van der Waals surface area contributed by atoms with Gasteiger partial charge in [0.15, 0.2) is 0 Å². The Morgan fingerprint density at radius 3 is 2.34 bits per heavy atom. The number of fused-ring (bicyclic) bond motifs is 1. The first-order valence-electron chi connectivity index (χ1n) is 11.1. The fraction of sp³-hybridized carbons (Fsp3) is 0.250. The topological polar surface area (TPSA) is 54.3 Å². The van der Waals surface area contributed by atoms with Gasteiger partial charge in [-0.1, -0.05) is 79.2 Å². The maximum absolute atomic E-state index is 12.4. The van der Waals surface area contributed by atoms with Gasteiger partial charge in [0, 0.05) is 36.1 Å². The van der Waals surface area contributed by atoms with Gasteiger partial charge < -0.3 is 15.0 Å². The fourth-order valence-electron chi connectivity index (χ4n) is 4.31. The van der Waals surface area contributed by atoms with Crippen LogP contribution in [0.1, 0.15) is 51.1 Å². The number of carboxylic acid groups (broad SMARTS) is 1. The van der Waals surface area contributed by atoms with Gasteiger partial charge in [-0.05, 0) is 42.5 Å². The molecule has 1 heterocycles. The summed E-state index contributed by atoms with van der Waals surface area (Å²) < 4.78 is 1.95. The minimum atomic E-state index is -0.890. The molecule has 4 aromatic rings. The second-order valence-electron chi connectivity index (χ2n) is 8.67. The highest BCUT2D eigenvalue weighted by Crippen LogP contribution is 2.29. The standard InChI is InChI=1S/C28H30N2O2/c1-19-9-12-22(13-10-19)18-30-26-15-20(2)11-14-24(26)25(27(30)28(31)32)17-29-16-21(3)23-7-5-4-6-8-23/h4-15,21,29H,16-18H2,1-3H3,(H,31,32)/t21-/m0/s1. The molecule has 0 aliphatic carbocycles. The Kier molecular flexibility index (Phi) is 6.42. The zero-order valence-corrected chi connectivity index (χ0v) is 18.9. The largest absolute Gasteiger partial charge is 0.477 e. The van der Waals surface area contributed by atoms with Crippen LogP contribution >= 0.6 is 0 Å². The lowest BCUT2D eigenvalue weighted by atomic mass is 10.0. The Morgan fingerprint density at radius 1 is 0.969 bits per heavy atom. The van der Waals surface area contributed by atoms with Crippen LogP contribution < -0.4 is 5.32 Å². The van der Waals surface area contributed by atoms with Crippen LogP contribution in [0.3, 0.4) is 0 Å². The molecule has 0 aliphatic rings. The van der Waals surface area contributed by atoms with Crippen molar-refractivity contribution in [1.82, 2.24) is 9.88 Å². The van der Waals surface area contributed by atoms with Gasteiger partial charge in [0.05, 0.1) is 0 Å². The lowest BCUT2D eigenvalue weighted by Gasteiger charge is -2.14. The number of aryl methyl sites for hydroxylation is 2. The van der Waals surface area contributed by atoms with E-state index < -0.39 is 5.97 Å². The van der Waals surface area contributed by atoms with Gasteiger partial charge >= 0.3 is 5.97 Å². The number of rotatable bonds is 8. The van der Waals surface area contributed by atoms with E-state index in [-0.39, 0.29) is 0 Å². The second kappa shape index (κ2) is 9.41. The number of hydrogen-bond acceptors (Lipinski definition) is 2. The van der Waals surface area contributed by atoms with E-state index in [2.05, 4.69) is 85.9 Å². The Morgan fingerprint density at radius 2 is 1.66 bits per heavy atom. The Labute approximate surface area is 189 Å². The third kappa shape index (κ3) is 4.61. The fourth-order valence-corrected chi connectivity index (χ4v) is 4.31.